The highest BCUT2D eigenvalue weighted by Crippen LogP contribution is 2.48. The minimum atomic E-state index is -0.549. The lowest BCUT2D eigenvalue weighted by Gasteiger charge is -2.43. The topological polar surface area (TPSA) is 37.3 Å². The van der Waals surface area contributed by atoms with Crippen molar-refractivity contribution in [3.63, 3.8) is 0 Å². The van der Waals surface area contributed by atoms with Crippen LogP contribution in [0.15, 0.2) is 0 Å². The molecule has 0 saturated heterocycles. The van der Waals surface area contributed by atoms with E-state index in [0.717, 1.165) is 44.9 Å². The van der Waals surface area contributed by atoms with Crippen LogP contribution >= 0.6 is 0 Å². The Labute approximate surface area is 119 Å². The summed E-state index contributed by atoms with van der Waals surface area (Å²) in [4.78, 5) is 11.8. The van der Waals surface area contributed by atoms with Gasteiger partial charge in [0.1, 0.15) is 0 Å². The summed E-state index contributed by atoms with van der Waals surface area (Å²) in [5.74, 6) is 0.704. The van der Waals surface area contributed by atoms with E-state index in [1.54, 1.807) is 0 Å². The summed E-state index contributed by atoms with van der Waals surface area (Å²) in [6.45, 7) is 11.2. The Bertz CT molecular complexity index is 289. The van der Waals surface area contributed by atoms with Crippen LogP contribution in [0.5, 0.6) is 0 Å². The Balaban J connectivity index is 2.74. The van der Waals surface area contributed by atoms with Crippen LogP contribution < -0.4 is 0 Å². The third-order valence-corrected chi connectivity index (χ3v) is 5.46. The lowest BCUT2D eigenvalue weighted by atomic mass is 9.61. The number of aliphatic carboxylic acids is 1. The van der Waals surface area contributed by atoms with Gasteiger partial charge < -0.3 is 5.11 Å². The molecular weight excluding hydrogens is 236 g/mol. The maximum Gasteiger partial charge on any atom is 0.309 e. The Kier molecular flexibility index (Phi) is 5.46. The predicted octanol–water partition coefficient (Wildman–Crippen LogP) is 5.12. The van der Waals surface area contributed by atoms with Crippen molar-refractivity contribution in [1.82, 2.24) is 0 Å². The van der Waals surface area contributed by atoms with Crippen molar-refractivity contribution in [3.8, 4) is 0 Å². The van der Waals surface area contributed by atoms with Crippen LogP contribution in [-0.4, -0.2) is 11.1 Å². The number of rotatable bonds is 5. The average Bonchev–Trinajstić information content (AvgIpc) is 2.35. The minimum absolute atomic E-state index is 0.319. The van der Waals surface area contributed by atoms with Crippen LogP contribution in [0, 0.1) is 22.7 Å². The first-order valence-electron chi connectivity index (χ1n) is 7.98. The molecule has 0 aromatic rings. The van der Waals surface area contributed by atoms with E-state index in [1.165, 1.54) is 0 Å². The molecule has 0 radical (unpaired) electrons. The molecule has 0 atom stereocenters. The van der Waals surface area contributed by atoms with Crippen molar-refractivity contribution in [2.45, 2.75) is 79.6 Å². The quantitative estimate of drug-likeness (QED) is 0.751. The Morgan fingerprint density at radius 3 is 2.00 bits per heavy atom. The molecule has 0 spiro atoms. The second-order valence-corrected chi connectivity index (χ2v) is 7.61. The molecule has 1 rings (SSSR count). The molecule has 0 aliphatic heterocycles. The standard InChI is InChI=1S/C17H32O2/c1-6-13(7-2)12-17(15(18)19)10-8-14(9-11-17)16(3,4)5/h13-14H,6-12H2,1-5H3,(H,18,19). The van der Waals surface area contributed by atoms with Gasteiger partial charge in [-0.3, -0.25) is 4.79 Å². The molecule has 1 saturated carbocycles. The monoisotopic (exact) mass is 268 g/mol. The predicted molar refractivity (Wildman–Crippen MR) is 80.2 cm³/mol. The molecule has 0 aromatic heterocycles. The molecule has 1 N–H and O–H groups in total. The molecule has 0 aromatic carbocycles. The highest BCUT2D eigenvalue weighted by Gasteiger charge is 2.44. The van der Waals surface area contributed by atoms with E-state index in [0.29, 0.717) is 17.3 Å². The van der Waals surface area contributed by atoms with Gasteiger partial charge in [0.05, 0.1) is 5.41 Å². The molecule has 112 valence electrons. The summed E-state index contributed by atoms with van der Waals surface area (Å²) in [6.07, 6.45) is 7.00. The van der Waals surface area contributed by atoms with Crippen LogP contribution in [0.4, 0.5) is 0 Å². The minimum Gasteiger partial charge on any atom is -0.481 e. The van der Waals surface area contributed by atoms with Crippen molar-refractivity contribution >= 4 is 5.97 Å². The summed E-state index contributed by atoms with van der Waals surface area (Å²) in [7, 11) is 0. The van der Waals surface area contributed by atoms with E-state index in [1.807, 2.05) is 0 Å². The van der Waals surface area contributed by atoms with E-state index >= 15 is 0 Å². The number of hydrogen-bond acceptors (Lipinski definition) is 1. The molecule has 0 amide bonds. The Morgan fingerprint density at radius 2 is 1.68 bits per heavy atom. The van der Waals surface area contributed by atoms with Crippen molar-refractivity contribution in [3.05, 3.63) is 0 Å². The highest BCUT2D eigenvalue weighted by atomic mass is 16.4. The molecule has 1 aliphatic rings. The van der Waals surface area contributed by atoms with Gasteiger partial charge in [-0.05, 0) is 49.4 Å². The van der Waals surface area contributed by atoms with E-state index in [-0.39, 0.29) is 0 Å². The molecule has 1 fully saturated rings. The third-order valence-electron chi connectivity index (χ3n) is 5.46. The van der Waals surface area contributed by atoms with Crippen LogP contribution in [0.2, 0.25) is 0 Å². The van der Waals surface area contributed by atoms with E-state index < -0.39 is 11.4 Å². The fraction of sp³-hybridized carbons (Fsp3) is 0.941. The number of carbonyl (C=O) groups is 1. The van der Waals surface area contributed by atoms with Gasteiger partial charge in [0.25, 0.3) is 0 Å². The largest absolute Gasteiger partial charge is 0.481 e. The highest BCUT2D eigenvalue weighted by molar-refractivity contribution is 5.74. The second kappa shape index (κ2) is 6.28. The number of hydrogen-bond donors (Lipinski definition) is 1. The Hall–Kier alpha value is -0.530. The van der Waals surface area contributed by atoms with Gasteiger partial charge in [0, 0.05) is 0 Å². The smallest absolute Gasteiger partial charge is 0.309 e. The summed E-state index contributed by atoms with van der Waals surface area (Å²) < 4.78 is 0. The zero-order chi connectivity index (χ0) is 14.7. The molecule has 0 unspecified atom stereocenters. The van der Waals surface area contributed by atoms with Gasteiger partial charge in [0.2, 0.25) is 0 Å². The molecule has 0 heterocycles. The SMILES string of the molecule is CCC(CC)CC1(C(=O)O)CCC(C(C)(C)C)CC1. The van der Waals surface area contributed by atoms with Gasteiger partial charge >= 0.3 is 5.97 Å². The van der Waals surface area contributed by atoms with Crippen molar-refractivity contribution in [2.24, 2.45) is 22.7 Å². The second-order valence-electron chi connectivity index (χ2n) is 7.61. The average molecular weight is 268 g/mol. The van der Waals surface area contributed by atoms with E-state index in [9.17, 15) is 9.90 Å². The van der Waals surface area contributed by atoms with Gasteiger partial charge in [-0.25, -0.2) is 0 Å². The maximum atomic E-state index is 11.8. The number of carboxylic acids is 1. The van der Waals surface area contributed by atoms with E-state index in [2.05, 4.69) is 34.6 Å². The Morgan fingerprint density at radius 1 is 1.21 bits per heavy atom. The molecule has 2 heteroatoms. The fourth-order valence-electron chi connectivity index (χ4n) is 3.67. The summed E-state index contributed by atoms with van der Waals surface area (Å²) >= 11 is 0. The zero-order valence-electron chi connectivity index (χ0n) is 13.5. The summed E-state index contributed by atoms with van der Waals surface area (Å²) in [5.41, 5.74) is -0.113. The van der Waals surface area contributed by atoms with Crippen LogP contribution in [0.1, 0.15) is 79.6 Å². The normalized spacial score (nSPS) is 28.6. The lowest BCUT2D eigenvalue weighted by molar-refractivity contribution is -0.154. The zero-order valence-corrected chi connectivity index (χ0v) is 13.5. The van der Waals surface area contributed by atoms with Gasteiger partial charge in [-0.15, -0.1) is 0 Å². The lowest BCUT2D eigenvalue weighted by Crippen LogP contribution is -2.39. The molecular formula is C17H32O2. The van der Waals surface area contributed by atoms with Gasteiger partial charge in [-0.2, -0.15) is 0 Å². The van der Waals surface area contributed by atoms with Crippen LogP contribution in [-0.2, 0) is 4.79 Å². The van der Waals surface area contributed by atoms with Crippen LogP contribution in [0.25, 0.3) is 0 Å². The number of carboxylic acid groups (broad SMARTS) is 1. The van der Waals surface area contributed by atoms with Crippen molar-refractivity contribution < 1.29 is 9.90 Å². The first-order chi connectivity index (χ1) is 8.75. The summed E-state index contributed by atoms with van der Waals surface area (Å²) in [5, 5.41) is 9.72. The van der Waals surface area contributed by atoms with E-state index in [4.69, 9.17) is 0 Å². The first-order valence-corrected chi connectivity index (χ1v) is 7.98. The maximum absolute atomic E-state index is 11.8. The summed E-state index contributed by atoms with van der Waals surface area (Å²) in [6, 6.07) is 0. The molecule has 19 heavy (non-hydrogen) atoms. The molecule has 1 aliphatic carbocycles. The molecule has 2 nitrogen and oxygen atoms in total. The van der Waals surface area contributed by atoms with Crippen molar-refractivity contribution in [2.75, 3.05) is 0 Å². The van der Waals surface area contributed by atoms with Gasteiger partial charge in [0.15, 0.2) is 0 Å². The van der Waals surface area contributed by atoms with Crippen LogP contribution in [0.3, 0.4) is 0 Å². The van der Waals surface area contributed by atoms with Gasteiger partial charge in [-0.1, -0.05) is 47.5 Å². The third kappa shape index (κ3) is 3.97. The van der Waals surface area contributed by atoms with Crippen molar-refractivity contribution in [1.29, 1.82) is 0 Å². The molecule has 0 bridgehead atoms. The fourth-order valence-corrected chi connectivity index (χ4v) is 3.67. The first kappa shape index (κ1) is 16.5.